The van der Waals surface area contributed by atoms with Crippen molar-refractivity contribution in [1.29, 1.82) is 0 Å². The fraction of sp³-hybridized carbons (Fsp3) is 0.812. The summed E-state index contributed by atoms with van der Waals surface area (Å²) in [5, 5.41) is 12.7. The van der Waals surface area contributed by atoms with Crippen molar-refractivity contribution in [2.75, 3.05) is 6.61 Å². The van der Waals surface area contributed by atoms with Crippen LogP contribution in [0, 0.1) is 5.41 Å². The Morgan fingerprint density at radius 3 is 2.91 bits per heavy atom. The number of carbonyl (C=O) groups is 1. The fourth-order valence-corrected chi connectivity index (χ4v) is 4.15. The number of hydrogen-bond donors (Lipinski definition) is 3. The molecular formula is C16H27N5O2. The standard InChI is InChI=1S/C16H27N5O2/c1-3-23-13-9-12(16(13)7-5-4-6-8-16)20-15(22)19-11(2)14-17-10-18-21-14/h10-13H,3-9H2,1-2H3,(H,17,18,21)(H2,19,20,22). The average Bonchev–Trinajstić information content (AvgIpc) is 3.09. The van der Waals surface area contributed by atoms with E-state index in [1.54, 1.807) is 0 Å². The first-order valence-electron chi connectivity index (χ1n) is 8.69. The Labute approximate surface area is 137 Å². The molecule has 3 atom stereocenters. The van der Waals surface area contributed by atoms with E-state index in [-0.39, 0.29) is 23.5 Å². The lowest BCUT2D eigenvalue weighted by Crippen LogP contribution is -2.66. The lowest BCUT2D eigenvalue weighted by Gasteiger charge is -2.57. The predicted molar refractivity (Wildman–Crippen MR) is 85.8 cm³/mol. The van der Waals surface area contributed by atoms with Crippen LogP contribution in [0.4, 0.5) is 4.79 Å². The summed E-state index contributed by atoms with van der Waals surface area (Å²) in [4.78, 5) is 16.4. The number of rotatable bonds is 5. The molecule has 2 amide bonds. The number of aromatic amines is 1. The van der Waals surface area contributed by atoms with Crippen LogP contribution >= 0.6 is 0 Å². The predicted octanol–water partition coefficient (Wildman–Crippen LogP) is 2.29. The van der Waals surface area contributed by atoms with Gasteiger partial charge in [-0.3, -0.25) is 5.10 Å². The number of hydrogen-bond acceptors (Lipinski definition) is 4. The molecule has 0 radical (unpaired) electrons. The van der Waals surface area contributed by atoms with E-state index in [1.165, 1.54) is 25.6 Å². The van der Waals surface area contributed by atoms with Crippen LogP contribution in [-0.4, -0.2) is 40.0 Å². The van der Waals surface area contributed by atoms with Gasteiger partial charge in [0.15, 0.2) is 0 Å². The lowest BCUT2D eigenvalue weighted by atomic mass is 9.55. The second-order valence-electron chi connectivity index (χ2n) is 6.74. The van der Waals surface area contributed by atoms with Gasteiger partial charge in [-0.05, 0) is 33.1 Å². The Bertz CT molecular complexity index is 513. The Morgan fingerprint density at radius 1 is 1.48 bits per heavy atom. The molecule has 0 bridgehead atoms. The van der Waals surface area contributed by atoms with Crippen LogP contribution in [-0.2, 0) is 4.74 Å². The molecule has 3 rings (SSSR count). The van der Waals surface area contributed by atoms with E-state index in [1.807, 2.05) is 13.8 Å². The highest BCUT2D eigenvalue weighted by atomic mass is 16.5. The number of amides is 2. The molecular weight excluding hydrogens is 294 g/mol. The third-order valence-corrected chi connectivity index (χ3v) is 5.43. The van der Waals surface area contributed by atoms with Crippen molar-refractivity contribution in [3.8, 4) is 0 Å². The van der Waals surface area contributed by atoms with Crippen molar-refractivity contribution in [3.63, 3.8) is 0 Å². The molecule has 2 aliphatic carbocycles. The molecule has 7 heteroatoms. The maximum atomic E-state index is 12.3. The van der Waals surface area contributed by atoms with Crippen LogP contribution in [0.25, 0.3) is 0 Å². The molecule has 1 aromatic heterocycles. The second-order valence-corrected chi connectivity index (χ2v) is 6.74. The van der Waals surface area contributed by atoms with Gasteiger partial charge in [-0.25, -0.2) is 9.78 Å². The molecule has 3 N–H and O–H groups in total. The van der Waals surface area contributed by atoms with Crippen molar-refractivity contribution in [2.45, 2.75) is 70.6 Å². The maximum Gasteiger partial charge on any atom is 0.315 e. The van der Waals surface area contributed by atoms with Crippen molar-refractivity contribution in [1.82, 2.24) is 25.8 Å². The van der Waals surface area contributed by atoms with Crippen LogP contribution in [0.2, 0.25) is 0 Å². The summed E-state index contributed by atoms with van der Waals surface area (Å²) in [7, 11) is 0. The molecule has 2 fully saturated rings. The summed E-state index contributed by atoms with van der Waals surface area (Å²) in [5.74, 6) is 0.660. The summed E-state index contributed by atoms with van der Waals surface area (Å²) < 4.78 is 5.93. The van der Waals surface area contributed by atoms with Crippen molar-refractivity contribution in [2.24, 2.45) is 5.41 Å². The quantitative estimate of drug-likeness (QED) is 0.776. The molecule has 0 saturated heterocycles. The number of carbonyl (C=O) groups excluding carboxylic acids is 1. The zero-order valence-electron chi connectivity index (χ0n) is 14.0. The maximum absolute atomic E-state index is 12.3. The molecule has 3 unspecified atom stereocenters. The number of urea groups is 1. The second kappa shape index (κ2) is 6.86. The highest BCUT2D eigenvalue weighted by molar-refractivity contribution is 5.75. The van der Waals surface area contributed by atoms with E-state index >= 15 is 0 Å². The Balaban J connectivity index is 1.57. The monoisotopic (exact) mass is 321 g/mol. The minimum Gasteiger partial charge on any atom is -0.378 e. The number of aromatic nitrogens is 3. The van der Waals surface area contributed by atoms with Crippen LogP contribution in [0.15, 0.2) is 6.33 Å². The normalized spacial score (nSPS) is 27.2. The van der Waals surface area contributed by atoms with Crippen molar-refractivity contribution in [3.05, 3.63) is 12.2 Å². The van der Waals surface area contributed by atoms with Gasteiger partial charge in [0.1, 0.15) is 12.2 Å². The summed E-state index contributed by atoms with van der Waals surface area (Å²) >= 11 is 0. The van der Waals surface area contributed by atoms with E-state index in [4.69, 9.17) is 4.74 Å². The zero-order chi connectivity index (χ0) is 16.3. The number of H-pyrrole nitrogens is 1. The van der Waals surface area contributed by atoms with E-state index in [0.717, 1.165) is 25.9 Å². The van der Waals surface area contributed by atoms with E-state index in [0.29, 0.717) is 11.9 Å². The first-order chi connectivity index (χ1) is 11.2. The van der Waals surface area contributed by atoms with Gasteiger partial charge in [0, 0.05) is 18.1 Å². The van der Waals surface area contributed by atoms with Crippen LogP contribution in [0.3, 0.4) is 0 Å². The van der Waals surface area contributed by atoms with Crippen LogP contribution in [0.5, 0.6) is 0 Å². The number of ether oxygens (including phenoxy) is 1. The fourth-order valence-electron chi connectivity index (χ4n) is 4.15. The molecule has 1 aromatic rings. The molecule has 2 aliphatic rings. The molecule has 2 saturated carbocycles. The topological polar surface area (TPSA) is 91.9 Å². The summed E-state index contributed by atoms with van der Waals surface area (Å²) in [6.07, 6.45) is 8.72. The highest BCUT2D eigenvalue weighted by Gasteiger charge is 2.56. The van der Waals surface area contributed by atoms with Gasteiger partial charge < -0.3 is 15.4 Å². The van der Waals surface area contributed by atoms with E-state index < -0.39 is 0 Å². The minimum atomic E-state index is -0.192. The van der Waals surface area contributed by atoms with Crippen molar-refractivity contribution < 1.29 is 9.53 Å². The van der Waals surface area contributed by atoms with Gasteiger partial charge in [-0.2, -0.15) is 5.10 Å². The molecule has 0 aliphatic heterocycles. The molecule has 1 heterocycles. The van der Waals surface area contributed by atoms with Crippen LogP contribution < -0.4 is 10.6 Å². The van der Waals surface area contributed by atoms with Gasteiger partial charge in [-0.1, -0.05) is 19.3 Å². The Hall–Kier alpha value is -1.63. The molecule has 23 heavy (non-hydrogen) atoms. The van der Waals surface area contributed by atoms with Gasteiger partial charge in [0.05, 0.1) is 12.1 Å². The number of nitrogens with one attached hydrogen (secondary N) is 3. The Morgan fingerprint density at radius 2 is 2.26 bits per heavy atom. The first-order valence-corrected chi connectivity index (χ1v) is 8.69. The minimum absolute atomic E-state index is 0.140. The zero-order valence-corrected chi connectivity index (χ0v) is 14.0. The molecule has 7 nitrogen and oxygen atoms in total. The SMILES string of the molecule is CCOC1CC(NC(=O)NC(C)c2ncn[nH]2)C12CCCCC2. The van der Waals surface area contributed by atoms with Gasteiger partial charge in [0.2, 0.25) is 0 Å². The van der Waals surface area contributed by atoms with E-state index in [2.05, 4.69) is 25.8 Å². The van der Waals surface area contributed by atoms with Gasteiger partial charge >= 0.3 is 6.03 Å². The Kier molecular flexibility index (Phi) is 4.84. The van der Waals surface area contributed by atoms with E-state index in [9.17, 15) is 4.79 Å². The summed E-state index contributed by atoms with van der Waals surface area (Å²) in [5.41, 5.74) is 0.140. The third kappa shape index (κ3) is 3.20. The van der Waals surface area contributed by atoms with Gasteiger partial charge in [-0.15, -0.1) is 0 Å². The third-order valence-electron chi connectivity index (χ3n) is 5.43. The largest absolute Gasteiger partial charge is 0.378 e. The summed E-state index contributed by atoms with van der Waals surface area (Å²) in [6.45, 7) is 4.68. The molecule has 0 aromatic carbocycles. The average molecular weight is 321 g/mol. The highest BCUT2D eigenvalue weighted by Crippen LogP contribution is 2.53. The lowest BCUT2D eigenvalue weighted by molar-refractivity contribution is -0.146. The van der Waals surface area contributed by atoms with Gasteiger partial charge in [0.25, 0.3) is 0 Å². The molecule has 1 spiro atoms. The smallest absolute Gasteiger partial charge is 0.315 e. The van der Waals surface area contributed by atoms with Crippen molar-refractivity contribution >= 4 is 6.03 Å². The number of nitrogens with zero attached hydrogens (tertiary/aromatic N) is 2. The first kappa shape index (κ1) is 16.2. The summed E-state index contributed by atoms with van der Waals surface area (Å²) in [6, 6.07) is -0.123. The van der Waals surface area contributed by atoms with Crippen LogP contribution in [0.1, 0.15) is 64.2 Å². The molecule has 128 valence electrons.